The third-order valence-electron chi connectivity index (χ3n) is 5.46. The van der Waals surface area contributed by atoms with Gasteiger partial charge in [-0.1, -0.05) is 44.2 Å². The van der Waals surface area contributed by atoms with Crippen molar-refractivity contribution < 1.29 is 14.6 Å². The Labute approximate surface area is 166 Å². The first-order chi connectivity index (χ1) is 13.4. The van der Waals surface area contributed by atoms with Crippen molar-refractivity contribution in [3.05, 3.63) is 47.7 Å². The first kappa shape index (κ1) is 20.3. The second kappa shape index (κ2) is 9.20. The molecule has 28 heavy (non-hydrogen) atoms. The van der Waals surface area contributed by atoms with Crippen LogP contribution in [0.25, 0.3) is 17.0 Å². The summed E-state index contributed by atoms with van der Waals surface area (Å²) in [7, 11) is 0. The lowest BCUT2D eigenvalue weighted by atomic mass is 9.93. The predicted octanol–water partition coefficient (Wildman–Crippen LogP) is 4.64. The van der Waals surface area contributed by atoms with Gasteiger partial charge in [0.1, 0.15) is 6.10 Å². The average Bonchev–Trinajstić information content (AvgIpc) is 3.13. The highest BCUT2D eigenvalue weighted by Crippen LogP contribution is 2.26. The van der Waals surface area contributed by atoms with Crippen LogP contribution in [0.2, 0.25) is 0 Å². The number of esters is 1. The lowest BCUT2D eigenvalue weighted by Gasteiger charge is -2.25. The van der Waals surface area contributed by atoms with E-state index in [0.717, 1.165) is 34.9 Å². The number of aliphatic hydroxyl groups is 1. The molecule has 0 unspecified atom stereocenters. The van der Waals surface area contributed by atoms with E-state index in [1.165, 1.54) is 0 Å². The molecule has 4 atom stereocenters. The molecule has 1 aromatic carbocycles. The van der Waals surface area contributed by atoms with Crippen LogP contribution in [0.15, 0.2) is 42.1 Å². The molecule has 2 heterocycles. The molecular formula is C23H30N2O3. The van der Waals surface area contributed by atoms with E-state index in [1.807, 2.05) is 31.3 Å². The molecule has 0 amide bonds. The number of allylic oxidation sites excluding steroid dienone is 1. The van der Waals surface area contributed by atoms with Gasteiger partial charge in [0.15, 0.2) is 0 Å². The topological polar surface area (TPSA) is 75.2 Å². The molecule has 3 rings (SSSR count). The summed E-state index contributed by atoms with van der Waals surface area (Å²) in [5.74, 6) is 0.190. The first-order valence-electron chi connectivity index (χ1n) is 10.1. The highest BCUT2D eigenvalue weighted by atomic mass is 16.5. The zero-order valence-corrected chi connectivity index (χ0v) is 16.9. The largest absolute Gasteiger partial charge is 0.457 e. The summed E-state index contributed by atoms with van der Waals surface area (Å²) in [5, 5.41) is 18.3. The van der Waals surface area contributed by atoms with Crippen molar-refractivity contribution in [1.82, 2.24) is 10.2 Å². The SMILES string of the molecule is C/C(=C\c1cccc2[nH]ncc12)[C@H]1OC(=O)C[C@H](O)CC[C@H](C)C/C=C/[C@@H]1C. The Morgan fingerprint density at radius 3 is 2.96 bits per heavy atom. The number of fused-ring (bicyclic) bond motifs is 1. The van der Waals surface area contributed by atoms with Crippen molar-refractivity contribution in [3.63, 3.8) is 0 Å². The van der Waals surface area contributed by atoms with Crippen molar-refractivity contribution in [3.8, 4) is 0 Å². The van der Waals surface area contributed by atoms with Crippen molar-refractivity contribution >= 4 is 22.9 Å². The fourth-order valence-electron chi connectivity index (χ4n) is 3.76. The Morgan fingerprint density at radius 2 is 2.14 bits per heavy atom. The summed E-state index contributed by atoms with van der Waals surface area (Å²) in [6, 6.07) is 6.00. The van der Waals surface area contributed by atoms with Crippen LogP contribution in [-0.4, -0.2) is 33.5 Å². The minimum absolute atomic E-state index is 0.0459. The molecule has 0 saturated carbocycles. The van der Waals surface area contributed by atoms with Gasteiger partial charge in [-0.25, -0.2) is 0 Å². The number of aromatic amines is 1. The van der Waals surface area contributed by atoms with E-state index in [4.69, 9.17) is 4.74 Å². The molecule has 5 heteroatoms. The van der Waals surface area contributed by atoms with Gasteiger partial charge in [0.2, 0.25) is 0 Å². The first-order valence-corrected chi connectivity index (χ1v) is 10.1. The van der Waals surface area contributed by atoms with E-state index in [9.17, 15) is 9.90 Å². The molecule has 0 bridgehead atoms. The van der Waals surface area contributed by atoms with Crippen LogP contribution in [0.4, 0.5) is 0 Å². The molecule has 2 N–H and O–H groups in total. The minimum Gasteiger partial charge on any atom is -0.457 e. The predicted molar refractivity (Wildman–Crippen MR) is 112 cm³/mol. The number of aliphatic hydroxyl groups excluding tert-OH is 1. The van der Waals surface area contributed by atoms with Crippen LogP contribution in [0.5, 0.6) is 0 Å². The number of ether oxygens (including phenoxy) is 1. The number of benzene rings is 1. The molecule has 0 spiro atoms. The van der Waals surface area contributed by atoms with Gasteiger partial charge in [0.25, 0.3) is 0 Å². The number of carbonyl (C=O) groups is 1. The molecule has 0 radical (unpaired) electrons. The van der Waals surface area contributed by atoms with Crippen LogP contribution in [0.1, 0.15) is 52.0 Å². The quantitative estimate of drug-likeness (QED) is 0.586. The summed E-state index contributed by atoms with van der Waals surface area (Å²) in [6.45, 7) is 6.24. The van der Waals surface area contributed by atoms with E-state index >= 15 is 0 Å². The fraction of sp³-hybridized carbons (Fsp3) is 0.478. The van der Waals surface area contributed by atoms with E-state index < -0.39 is 6.10 Å². The molecule has 150 valence electrons. The van der Waals surface area contributed by atoms with Gasteiger partial charge in [0, 0.05) is 11.3 Å². The summed E-state index contributed by atoms with van der Waals surface area (Å²) in [6.07, 6.45) is 9.72. The normalized spacial score (nSPS) is 29.0. The third-order valence-corrected chi connectivity index (χ3v) is 5.46. The monoisotopic (exact) mass is 382 g/mol. The minimum atomic E-state index is -0.640. The van der Waals surface area contributed by atoms with Crippen LogP contribution < -0.4 is 0 Å². The molecule has 1 aliphatic heterocycles. The molecule has 5 nitrogen and oxygen atoms in total. The standard InChI is InChI=1S/C23H30N2O3/c1-15-6-4-7-16(2)23(28-22(27)13-19(26)11-10-15)17(3)12-18-8-5-9-21-20(18)14-24-25-21/h4-5,7-9,12,14-16,19,23,26H,6,10-11,13H2,1-3H3,(H,24,25)/b7-4+,17-12+/t15-,16+,19-,23+/m1/s1. The summed E-state index contributed by atoms with van der Waals surface area (Å²) < 4.78 is 5.82. The maximum absolute atomic E-state index is 12.4. The lowest BCUT2D eigenvalue weighted by Crippen LogP contribution is -2.28. The maximum atomic E-state index is 12.4. The Morgan fingerprint density at radius 1 is 1.32 bits per heavy atom. The van der Waals surface area contributed by atoms with Gasteiger partial charge >= 0.3 is 5.97 Å². The van der Waals surface area contributed by atoms with Crippen LogP contribution in [0.3, 0.4) is 0 Å². The fourth-order valence-corrected chi connectivity index (χ4v) is 3.76. The van der Waals surface area contributed by atoms with Crippen LogP contribution in [-0.2, 0) is 9.53 Å². The molecule has 2 aromatic rings. The van der Waals surface area contributed by atoms with E-state index in [2.05, 4.69) is 42.3 Å². The van der Waals surface area contributed by atoms with Gasteiger partial charge in [-0.05, 0) is 49.3 Å². The number of hydrogen-bond donors (Lipinski definition) is 2. The molecule has 1 aliphatic rings. The second-order valence-corrected chi connectivity index (χ2v) is 8.04. The lowest BCUT2D eigenvalue weighted by molar-refractivity contribution is -0.151. The Balaban J connectivity index is 1.89. The Hall–Kier alpha value is -2.40. The number of rotatable bonds is 2. The summed E-state index contributed by atoms with van der Waals surface area (Å²) >= 11 is 0. The highest BCUT2D eigenvalue weighted by molar-refractivity contribution is 5.87. The van der Waals surface area contributed by atoms with Gasteiger partial charge in [-0.15, -0.1) is 0 Å². The number of aromatic nitrogens is 2. The molecular weight excluding hydrogens is 352 g/mol. The summed E-state index contributed by atoms with van der Waals surface area (Å²) in [4.78, 5) is 12.4. The Bertz CT molecular complexity index is 868. The van der Waals surface area contributed by atoms with Crippen LogP contribution in [0, 0.1) is 11.8 Å². The zero-order chi connectivity index (χ0) is 20.1. The van der Waals surface area contributed by atoms with E-state index in [0.29, 0.717) is 12.3 Å². The molecule has 0 fully saturated rings. The third kappa shape index (κ3) is 5.10. The van der Waals surface area contributed by atoms with Gasteiger partial charge in [-0.2, -0.15) is 5.10 Å². The van der Waals surface area contributed by atoms with Crippen LogP contribution >= 0.6 is 0 Å². The molecule has 1 aromatic heterocycles. The van der Waals surface area contributed by atoms with Gasteiger partial charge in [0.05, 0.1) is 24.2 Å². The number of nitrogens with one attached hydrogen (secondary N) is 1. The van der Waals surface area contributed by atoms with E-state index in [1.54, 1.807) is 0 Å². The van der Waals surface area contributed by atoms with Gasteiger partial charge < -0.3 is 9.84 Å². The number of H-pyrrole nitrogens is 1. The average molecular weight is 383 g/mol. The summed E-state index contributed by atoms with van der Waals surface area (Å²) in [5.41, 5.74) is 2.98. The number of nitrogens with zero attached hydrogens (tertiary/aromatic N) is 1. The number of carbonyl (C=O) groups excluding carboxylic acids is 1. The molecule has 0 aliphatic carbocycles. The second-order valence-electron chi connectivity index (χ2n) is 8.04. The number of cyclic esters (lactones) is 1. The smallest absolute Gasteiger partial charge is 0.309 e. The Kier molecular flexibility index (Phi) is 6.68. The van der Waals surface area contributed by atoms with Crippen molar-refractivity contribution in [2.24, 2.45) is 11.8 Å². The molecule has 0 saturated heterocycles. The van der Waals surface area contributed by atoms with E-state index in [-0.39, 0.29) is 24.4 Å². The number of hydrogen-bond acceptors (Lipinski definition) is 4. The highest BCUT2D eigenvalue weighted by Gasteiger charge is 2.24. The van der Waals surface area contributed by atoms with Crippen molar-refractivity contribution in [2.75, 3.05) is 0 Å². The van der Waals surface area contributed by atoms with Crippen molar-refractivity contribution in [1.29, 1.82) is 0 Å². The van der Waals surface area contributed by atoms with Crippen molar-refractivity contribution in [2.45, 2.75) is 58.7 Å². The zero-order valence-electron chi connectivity index (χ0n) is 16.9. The maximum Gasteiger partial charge on any atom is 0.309 e. The van der Waals surface area contributed by atoms with Gasteiger partial charge in [-0.3, -0.25) is 9.89 Å².